The second-order valence-electron chi connectivity index (χ2n) is 6.89. The first-order valence-corrected chi connectivity index (χ1v) is 9.11. The molecule has 0 bridgehead atoms. The average Bonchev–Trinajstić information content (AvgIpc) is 3.30. The second-order valence-corrected chi connectivity index (χ2v) is 6.89. The van der Waals surface area contributed by atoms with Crippen LogP contribution in [0.25, 0.3) is 27.9 Å². The summed E-state index contributed by atoms with van der Waals surface area (Å²) >= 11 is 0. The van der Waals surface area contributed by atoms with Crippen LogP contribution in [0.2, 0.25) is 0 Å². The minimum atomic E-state index is -0.0363. The Kier molecular flexibility index (Phi) is 3.80. The maximum absolute atomic E-state index is 13.0. The molecule has 1 aliphatic heterocycles. The fourth-order valence-electron chi connectivity index (χ4n) is 3.62. The number of hydrogen-bond acceptors (Lipinski definition) is 6. The maximum Gasteiger partial charge on any atom is 0.292 e. The van der Waals surface area contributed by atoms with E-state index in [-0.39, 0.29) is 11.9 Å². The van der Waals surface area contributed by atoms with Gasteiger partial charge in [-0.3, -0.25) is 9.20 Å². The van der Waals surface area contributed by atoms with E-state index >= 15 is 0 Å². The van der Waals surface area contributed by atoms with Gasteiger partial charge in [-0.25, -0.2) is 4.98 Å². The molecule has 0 atom stereocenters. The van der Waals surface area contributed by atoms with E-state index in [1.807, 2.05) is 41.8 Å². The van der Waals surface area contributed by atoms with Crippen LogP contribution in [-0.4, -0.2) is 51.5 Å². The fraction of sp³-hybridized carbons (Fsp3) is 0.250. The molecule has 28 heavy (non-hydrogen) atoms. The smallest absolute Gasteiger partial charge is 0.292 e. The van der Waals surface area contributed by atoms with Gasteiger partial charge in [0.2, 0.25) is 0 Å². The molecule has 0 unspecified atom stereocenters. The van der Waals surface area contributed by atoms with Gasteiger partial charge in [-0.05, 0) is 41.8 Å². The maximum atomic E-state index is 13.0. The standard InChI is InChI=1S/C20H19N5O3/c1-12-8-14(13-2-3-15-17(9-13)28-20(21)23-15)11-25-16(10-22-18(12)25)19(26)24-4-6-27-7-5-24/h2-3,8-11H,4-7H2,1H3,(H2,21,23). The summed E-state index contributed by atoms with van der Waals surface area (Å²) in [6.07, 6.45) is 3.58. The number of aryl methyl sites for hydroxylation is 1. The van der Waals surface area contributed by atoms with Crippen LogP contribution in [0.4, 0.5) is 6.01 Å². The van der Waals surface area contributed by atoms with Gasteiger partial charge >= 0.3 is 0 Å². The SMILES string of the molecule is Cc1cc(-c2ccc3nc(N)oc3c2)cn2c(C(=O)N3CCOCC3)cnc12. The summed E-state index contributed by atoms with van der Waals surface area (Å²) in [5.41, 5.74) is 11.2. The van der Waals surface area contributed by atoms with Gasteiger partial charge in [0.05, 0.1) is 19.4 Å². The Morgan fingerprint density at radius 3 is 2.82 bits per heavy atom. The molecule has 1 fully saturated rings. The summed E-state index contributed by atoms with van der Waals surface area (Å²) in [6, 6.07) is 7.93. The van der Waals surface area contributed by atoms with Crippen molar-refractivity contribution < 1.29 is 13.9 Å². The lowest BCUT2D eigenvalue weighted by molar-refractivity contribution is 0.0298. The minimum absolute atomic E-state index is 0.0363. The van der Waals surface area contributed by atoms with Gasteiger partial charge < -0.3 is 19.8 Å². The number of pyridine rings is 1. The van der Waals surface area contributed by atoms with Gasteiger partial charge in [0.1, 0.15) is 16.9 Å². The number of nitrogen functional groups attached to an aromatic ring is 1. The number of imidazole rings is 1. The molecule has 2 N–H and O–H groups in total. The van der Waals surface area contributed by atoms with Crippen LogP contribution in [0.3, 0.4) is 0 Å². The molecule has 4 aromatic rings. The Bertz CT molecular complexity index is 1200. The number of ether oxygens (including phenoxy) is 1. The molecule has 8 nitrogen and oxygen atoms in total. The van der Waals surface area contributed by atoms with Crippen molar-refractivity contribution in [2.24, 2.45) is 0 Å². The summed E-state index contributed by atoms with van der Waals surface area (Å²) in [5, 5.41) is 0. The molecule has 4 heterocycles. The average molecular weight is 377 g/mol. The lowest BCUT2D eigenvalue weighted by atomic mass is 10.1. The summed E-state index contributed by atoms with van der Waals surface area (Å²) in [7, 11) is 0. The molecular weight excluding hydrogens is 358 g/mol. The predicted octanol–water partition coefficient (Wildman–Crippen LogP) is 2.51. The van der Waals surface area contributed by atoms with E-state index in [1.165, 1.54) is 0 Å². The minimum Gasteiger partial charge on any atom is -0.424 e. The molecule has 142 valence electrons. The van der Waals surface area contributed by atoms with Crippen LogP contribution >= 0.6 is 0 Å². The Hall–Kier alpha value is -3.39. The molecule has 1 aliphatic rings. The normalized spacial score (nSPS) is 14.8. The Morgan fingerprint density at radius 2 is 2.00 bits per heavy atom. The third-order valence-electron chi connectivity index (χ3n) is 5.05. The van der Waals surface area contributed by atoms with E-state index in [0.717, 1.165) is 22.3 Å². The first-order chi connectivity index (χ1) is 13.6. The molecule has 0 spiro atoms. The molecule has 1 saturated heterocycles. The number of rotatable bonds is 2. The number of nitrogens with two attached hydrogens (primary N) is 1. The lowest BCUT2D eigenvalue weighted by Gasteiger charge is -2.26. The first kappa shape index (κ1) is 16.8. The topological polar surface area (TPSA) is 98.9 Å². The van der Waals surface area contributed by atoms with Crippen molar-refractivity contribution in [3.63, 3.8) is 0 Å². The van der Waals surface area contributed by atoms with Gasteiger partial charge in [-0.1, -0.05) is 6.07 Å². The number of carbonyl (C=O) groups is 1. The van der Waals surface area contributed by atoms with Crippen molar-refractivity contribution in [1.29, 1.82) is 0 Å². The van der Waals surface area contributed by atoms with Crippen molar-refractivity contribution in [1.82, 2.24) is 19.3 Å². The van der Waals surface area contributed by atoms with Crippen molar-refractivity contribution in [2.75, 3.05) is 32.0 Å². The van der Waals surface area contributed by atoms with Crippen molar-refractivity contribution >= 4 is 28.7 Å². The number of anilines is 1. The van der Waals surface area contributed by atoms with Crippen molar-refractivity contribution in [3.05, 3.63) is 47.9 Å². The molecule has 0 saturated carbocycles. The van der Waals surface area contributed by atoms with Gasteiger partial charge in [0.25, 0.3) is 11.9 Å². The molecule has 5 rings (SSSR count). The molecular formula is C20H19N5O3. The third kappa shape index (κ3) is 2.69. The molecule has 8 heteroatoms. The number of hydrogen-bond donors (Lipinski definition) is 1. The van der Waals surface area contributed by atoms with Crippen molar-refractivity contribution in [3.8, 4) is 11.1 Å². The number of carbonyl (C=O) groups excluding carboxylic acids is 1. The quantitative estimate of drug-likeness (QED) is 0.576. The van der Waals surface area contributed by atoms with Gasteiger partial charge in [0.15, 0.2) is 5.58 Å². The Morgan fingerprint density at radius 1 is 1.18 bits per heavy atom. The lowest BCUT2D eigenvalue weighted by Crippen LogP contribution is -2.41. The van der Waals surface area contributed by atoms with Gasteiger partial charge in [-0.15, -0.1) is 0 Å². The van der Waals surface area contributed by atoms with Crippen LogP contribution in [0.1, 0.15) is 16.1 Å². The van der Waals surface area contributed by atoms with E-state index in [0.29, 0.717) is 43.1 Å². The van der Waals surface area contributed by atoms with E-state index in [9.17, 15) is 4.79 Å². The number of amides is 1. The van der Waals surface area contributed by atoms with Crippen LogP contribution in [0.15, 0.2) is 41.1 Å². The summed E-state index contributed by atoms with van der Waals surface area (Å²) in [5.74, 6) is -0.0363. The van der Waals surface area contributed by atoms with Crippen LogP contribution in [0.5, 0.6) is 0 Å². The van der Waals surface area contributed by atoms with Crippen LogP contribution < -0.4 is 5.73 Å². The zero-order valence-corrected chi connectivity index (χ0v) is 15.4. The predicted molar refractivity (Wildman–Crippen MR) is 104 cm³/mol. The van der Waals surface area contributed by atoms with E-state index < -0.39 is 0 Å². The van der Waals surface area contributed by atoms with Crippen molar-refractivity contribution in [2.45, 2.75) is 6.92 Å². The van der Waals surface area contributed by atoms with Gasteiger partial charge in [0, 0.05) is 19.3 Å². The number of morpholine rings is 1. The summed E-state index contributed by atoms with van der Waals surface area (Å²) < 4.78 is 12.7. The third-order valence-corrected chi connectivity index (χ3v) is 5.05. The highest BCUT2D eigenvalue weighted by molar-refractivity contribution is 5.94. The van der Waals surface area contributed by atoms with E-state index in [2.05, 4.69) is 9.97 Å². The molecule has 0 radical (unpaired) electrons. The Balaban J connectivity index is 1.60. The monoisotopic (exact) mass is 377 g/mol. The number of fused-ring (bicyclic) bond motifs is 2. The van der Waals surface area contributed by atoms with Crippen LogP contribution in [0, 0.1) is 6.92 Å². The number of benzene rings is 1. The highest BCUT2D eigenvalue weighted by Crippen LogP contribution is 2.28. The van der Waals surface area contributed by atoms with Gasteiger partial charge in [-0.2, -0.15) is 4.98 Å². The summed E-state index contributed by atoms with van der Waals surface area (Å²) in [4.78, 5) is 23.4. The molecule has 0 aliphatic carbocycles. The van der Waals surface area contributed by atoms with Crippen LogP contribution in [-0.2, 0) is 4.74 Å². The van der Waals surface area contributed by atoms with E-state index in [1.54, 1.807) is 11.1 Å². The highest BCUT2D eigenvalue weighted by atomic mass is 16.5. The summed E-state index contributed by atoms with van der Waals surface area (Å²) in [6.45, 7) is 4.29. The molecule has 1 amide bonds. The zero-order valence-electron chi connectivity index (χ0n) is 15.4. The van der Waals surface area contributed by atoms with E-state index in [4.69, 9.17) is 14.9 Å². The largest absolute Gasteiger partial charge is 0.424 e. The highest BCUT2D eigenvalue weighted by Gasteiger charge is 2.22. The fourth-order valence-corrected chi connectivity index (χ4v) is 3.62. The Labute approximate surface area is 160 Å². The first-order valence-electron chi connectivity index (χ1n) is 9.11. The number of nitrogens with zero attached hydrogens (tertiary/aromatic N) is 4. The second kappa shape index (κ2) is 6.35. The zero-order chi connectivity index (χ0) is 19.3. The molecule has 1 aromatic carbocycles. The number of oxazole rings is 1. The number of aromatic nitrogens is 3. The molecule has 3 aromatic heterocycles.